The van der Waals surface area contributed by atoms with Crippen LogP contribution in [0, 0.1) is 23.7 Å². The average molecular weight is 348 g/mol. The maximum absolute atomic E-state index is 11.0. The summed E-state index contributed by atoms with van der Waals surface area (Å²) >= 11 is 0. The van der Waals surface area contributed by atoms with Crippen LogP contribution < -0.4 is 10.5 Å². The van der Waals surface area contributed by atoms with Gasteiger partial charge in [0.25, 0.3) is 0 Å². The number of hydrogen-bond donors (Lipinski definition) is 1. The van der Waals surface area contributed by atoms with Gasteiger partial charge in [-0.05, 0) is 12.5 Å². The Bertz CT molecular complexity index is 880. The number of oxime groups is 1. The lowest BCUT2D eigenvalue weighted by molar-refractivity contribution is 0.127. The Morgan fingerprint density at radius 2 is 2.04 bits per heavy atom. The third kappa shape index (κ3) is 5.36. The average Bonchev–Trinajstić information content (AvgIpc) is 2.65. The van der Waals surface area contributed by atoms with E-state index in [2.05, 4.69) is 16.1 Å². The van der Waals surface area contributed by atoms with Gasteiger partial charge in [0, 0.05) is 17.5 Å². The minimum Gasteiger partial charge on any atom is -0.391 e. The predicted molar refractivity (Wildman–Crippen MR) is 95.0 cm³/mol. The molecule has 0 saturated heterocycles. The van der Waals surface area contributed by atoms with E-state index in [-0.39, 0.29) is 18.2 Å². The Kier molecular flexibility index (Phi) is 6.73. The van der Waals surface area contributed by atoms with Crippen molar-refractivity contribution in [2.75, 3.05) is 0 Å². The molecule has 0 atom stereocenters. The number of aryl methyl sites for hydroxylation is 1. The number of pyridine rings is 1. The summed E-state index contributed by atoms with van der Waals surface area (Å²) < 4.78 is 4.92. The van der Waals surface area contributed by atoms with E-state index in [0.29, 0.717) is 29.7 Å². The molecule has 0 aliphatic carbocycles. The van der Waals surface area contributed by atoms with Gasteiger partial charge >= 0.3 is 6.09 Å². The van der Waals surface area contributed by atoms with Crippen molar-refractivity contribution in [1.29, 1.82) is 5.26 Å². The SMILES string of the molecule is C#CCCc1ccc(CO/N=C(\C#N)c2ccccc2)nc1OC(N)=O. The number of aromatic nitrogens is 1. The molecular formula is C19H16N4O3. The van der Waals surface area contributed by atoms with Crippen LogP contribution in [0.1, 0.15) is 23.2 Å². The molecule has 2 rings (SSSR count). The molecule has 2 aromatic rings. The van der Waals surface area contributed by atoms with Gasteiger partial charge in [-0.1, -0.05) is 41.6 Å². The summed E-state index contributed by atoms with van der Waals surface area (Å²) in [4.78, 5) is 20.4. The van der Waals surface area contributed by atoms with E-state index in [4.69, 9.17) is 21.7 Å². The number of primary amides is 1. The van der Waals surface area contributed by atoms with Crippen LogP contribution in [0.15, 0.2) is 47.6 Å². The third-order valence-corrected chi connectivity index (χ3v) is 3.25. The highest BCUT2D eigenvalue weighted by Crippen LogP contribution is 2.19. The summed E-state index contributed by atoms with van der Waals surface area (Å²) in [5, 5.41) is 13.0. The maximum Gasteiger partial charge on any atom is 0.411 e. The topological polar surface area (TPSA) is 111 Å². The van der Waals surface area contributed by atoms with Crippen molar-refractivity contribution in [2.24, 2.45) is 10.9 Å². The highest BCUT2D eigenvalue weighted by Gasteiger charge is 2.10. The Labute approximate surface area is 151 Å². The zero-order valence-electron chi connectivity index (χ0n) is 13.9. The van der Waals surface area contributed by atoms with E-state index in [1.54, 1.807) is 36.4 Å². The Hall–Kier alpha value is -3.84. The van der Waals surface area contributed by atoms with Gasteiger partial charge in [-0.2, -0.15) is 5.26 Å². The molecule has 1 amide bonds. The highest BCUT2D eigenvalue weighted by atomic mass is 16.6. The first-order chi connectivity index (χ1) is 12.6. The molecule has 26 heavy (non-hydrogen) atoms. The summed E-state index contributed by atoms with van der Waals surface area (Å²) in [6.07, 6.45) is 5.25. The van der Waals surface area contributed by atoms with Crippen molar-refractivity contribution in [3.8, 4) is 24.3 Å². The van der Waals surface area contributed by atoms with E-state index < -0.39 is 6.09 Å². The van der Waals surface area contributed by atoms with Crippen molar-refractivity contribution < 1.29 is 14.4 Å². The molecule has 130 valence electrons. The lowest BCUT2D eigenvalue weighted by Gasteiger charge is -2.08. The predicted octanol–water partition coefficient (Wildman–Crippen LogP) is 2.55. The van der Waals surface area contributed by atoms with Crippen LogP contribution in [0.3, 0.4) is 0 Å². The Morgan fingerprint density at radius 3 is 2.69 bits per heavy atom. The lowest BCUT2D eigenvalue weighted by atomic mass is 10.1. The number of benzene rings is 1. The van der Waals surface area contributed by atoms with Crippen molar-refractivity contribution in [3.63, 3.8) is 0 Å². The molecule has 0 radical (unpaired) electrons. The second-order valence-corrected chi connectivity index (χ2v) is 5.08. The van der Waals surface area contributed by atoms with Crippen LogP contribution in [0.4, 0.5) is 4.79 Å². The van der Waals surface area contributed by atoms with Gasteiger partial charge in [0.2, 0.25) is 5.88 Å². The first-order valence-electron chi connectivity index (χ1n) is 7.69. The number of nitrogens with zero attached hydrogens (tertiary/aromatic N) is 3. The molecule has 0 aliphatic heterocycles. The van der Waals surface area contributed by atoms with Crippen LogP contribution in [0.2, 0.25) is 0 Å². The molecule has 1 aromatic heterocycles. The Balaban J connectivity index is 2.11. The van der Waals surface area contributed by atoms with E-state index >= 15 is 0 Å². The lowest BCUT2D eigenvalue weighted by Crippen LogP contribution is -2.18. The highest BCUT2D eigenvalue weighted by molar-refractivity contribution is 6.11. The van der Waals surface area contributed by atoms with Crippen molar-refractivity contribution in [2.45, 2.75) is 19.4 Å². The number of terminal acetylenes is 1. The summed E-state index contributed by atoms with van der Waals surface area (Å²) in [5.74, 6) is 2.59. The second-order valence-electron chi connectivity index (χ2n) is 5.08. The molecule has 0 unspecified atom stereocenters. The fourth-order valence-corrected chi connectivity index (χ4v) is 2.07. The number of carbonyl (C=O) groups excluding carboxylic acids is 1. The number of rotatable bonds is 7. The monoisotopic (exact) mass is 348 g/mol. The number of amides is 1. The van der Waals surface area contributed by atoms with Gasteiger partial charge < -0.3 is 15.3 Å². The van der Waals surface area contributed by atoms with E-state index in [1.165, 1.54) is 0 Å². The van der Waals surface area contributed by atoms with Crippen molar-refractivity contribution in [1.82, 2.24) is 4.98 Å². The zero-order valence-corrected chi connectivity index (χ0v) is 13.9. The van der Waals surface area contributed by atoms with Crippen LogP contribution in [0.25, 0.3) is 0 Å². The minimum absolute atomic E-state index is 0.0114. The maximum atomic E-state index is 11.0. The van der Waals surface area contributed by atoms with Crippen LogP contribution >= 0.6 is 0 Å². The number of nitrogens with two attached hydrogens (primary N) is 1. The van der Waals surface area contributed by atoms with Gasteiger partial charge in [-0.25, -0.2) is 9.78 Å². The molecule has 1 heterocycles. The molecule has 0 bridgehead atoms. The smallest absolute Gasteiger partial charge is 0.391 e. The number of carbonyl (C=O) groups is 1. The molecule has 0 spiro atoms. The van der Waals surface area contributed by atoms with Crippen LogP contribution in [-0.4, -0.2) is 16.8 Å². The standard InChI is InChI=1S/C19H16N4O3/c1-2-3-7-15-10-11-16(22-18(15)26-19(21)24)13-25-23-17(12-20)14-8-5-4-6-9-14/h1,4-6,8-11H,3,7,13H2,(H2,21,24)/b23-17+. The van der Waals surface area contributed by atoms with Crippen LogP contribution in [0.5, 0.6) is 5.88 Å². The minimum atomic E-state index is -0.966. The van der Waals surface area contributed by atoms with Gasteiger partial charge in [0.15, 0.2) is 12.3 Å². The van der Waals surface area contributed by atoms with Gasteiger partial charge in [-0.15, -0.1) is 12.3 Å². The number of ether oxygens (including phenoxy) is 1. The van der Waals surface area contributed by atoms with Gasteiger partial charge in [-0.3, -0.25) is 0 Å². The van der Waals surface area contributed by atoms with Gasteiger partial charge in [0.05, 0.1) is 5.69 Å². The van der Waals surface area contributed by atoms with Gasteiger partial charge in [0.1, 0.15) is 6.07 Å². The molecule has 7 nitrogen and oxygen atoms in total. The van der Waals surface area contributed by atoms with E-state index in [1.807, 2.05) is 12.1 Å². The first kappa shape index (κ1) is 18.5. The quantitative estimate of drug-likeness (QED) is 0.469. The fraction of sp³-hybridized carbons (Fsp3) is 0.158. The molecule has 1 aromatic carbocycles. The fourth-order valence-electron chi connectivity index (χ4n) is 2.07. The third-order valence-electron chi connectivity index (χ3n) is 3.25. The van der Waals surface area contributed by atoms with Crippen LogP contribution in [-0.2, 0) is 17.9 Å². The summed E-state index contributed by atoms with van der Waals surface area (Å²) in [5.41, 5.74) is 6.97. The largest absolute Gasteiger partial charge is 0.411 e. The molecule has 0 saturated carbocycles. The molecule has 7 heteroatoms. The molecule has 2 N–H and O–H groups in total. The molecular weight excluding hydrogens is 332 g/mol. The summed E-state index contributed by atoms with van der Waals surface area (Å²) in [7, 11) is 0. The summed E-state index contributed by atoms with van der Waals surface area (Å²) in [6.45, 7) is -0.0114. The Morgan fingerprint density at radius 1 is 1.27 bits per heavy atom. The van der Waals surface area contributed by atoms with Crippen molar-refractivity contribution in [3.05, 3.63) is 59.3 Å². The first-order valence-corrected chi connectivity index (χ1v) is 7.69. The number of hydrogen-bond acceptors (Lipinski definition) is 6. The number of nitriles is 1. The molecule has 0 fully saturated rings. The van der Waals surface area contributed by atoms with E-state index in [9.17, 15) is 10.1 Å². The molecule has 0 aliphatic rings. The second kappa shape index (κ2) is 9.45. The zero-order chi connectivity index (χ0) is 18.8. The van der Waals surface area contributed by atoms with Crippen molar-refractivity contribution >= 4 is 11.8 Å². The van der Waals surface area contributed by atoms with E-state index in [0.717, 1.165) is 0 Å². The normalized spacial score (nSPS) is 10.5. The summed E-state index contributed by atoms with van der Waals surface area (Å²) in [6, 6.07) is 14.3.